The van der Waals surface area contributed by atoms with Crippen LogP contribution >= 0.6 is 0 Å². The summed E-state index contributed by atoms with van der Waals surface area (Å²) in [6.07, 6.45) is -0.588. The zero-order valence-electron chi connectivity index (χ0n) is 15.1. The fraction of sp³-hybridized carbons (Fsp3) is 0.130. The molecule has 0 radical (unpaired) electrons. The first-order valence-corrected chi connectivity index (χ1v) is 8.74. The van der Waals surface area contributed by atoms with Gasteiger partial charge in [-0.15, -0.1) is 0 Å². The molecule has 4 heteroatoms. The van der Waals surface area contributed by atoms with Gasteiger partial charge in [0.1, 0.15) is 5.75 Å². The van der Waals surface area contributed by atoms with Gasteiger partial charge in [-0.05, 0) is 47.9 Å². The Labute approximate surface area is 159 Å². The van der Waals surface area contributed by atoms with E-state index in [1.807, 2.05) is 66.7 Å². The van der Waals surface area contributed by atoms with E-state index >= 15 is 0 Å². The maximum atomic E-state index is 12.2. The Morgan fingerprint density at radius 1 is 0.963 bits per heavy atom. The molecule has 3 rings (SSSR count). The third kappa shape index (κ3) is 4.96. The Hall–Kier alpha value is -3.58. The van der Waals surface area contributed by atoms with E-state index in [0.29, 0.717) is 17.9 Å². The third-order valence-electron chi connectivity index (χ3n) is 4.19. The summed E-state index contributed by atoms with van der Waals surface area (Å²) in [5, 5.41) is 11.7. The molecular formula is C23H20N2O2. The molecule has 0 aromatic heterocycles. The number of carbonyl (C=O) groups is 1. The van der Waals surface area contributed by atoms with Crippen LogP contribution in [0.1, 0.15) is 18.1 Å². The first-order chi connectivity index (χ1) is 13.2. The van der Waals surface area contributed by atoms with Crippen molar-refractivity contribution in [1.82, 2.24) is 5.32 Å². The van der Waals surface area contributed by atoms with Crippen LogP contribution in [0, 0.1) is 11.3 Å². The normalized spacial score (nSPS) is 11.3. The molecule has 0 heterocycles. The van der Waals surface area contributed by atoms with Gasteiger partial charge in [0.2, 0.25) is 0 Å². The van der Waals surface area contributed by atoms with Gasteiger partial charge in [-0.3, -0.25) is 4.79 Å². The number of amides is 1. The second-order valence-electron chi connectivity index (χ2n) is 6.18. The SMILES string of the molecule is C[C@@H](Oc1ccc(-c2ccc(C#N)cc2)cc1)C(=O)NCc1ccccc1. The summed E-state index contributed by atoms with van der Waals surface area (Å²) >= 11 is 0. The highest BCUT2D eigenvalue weighted by molar-refractivity contribution is 5.80. The molecule has 0 unspecified atom stereocenters. The lowest BCUT2D eigenvalue weighted by Gasteiger charge is -2.15. The van der Waals surface area contributed by atoms with E-state index in [-0.39, 0.29) is 5.91 Å². The Morgan fingerprint density at radius 3 is 2.15 bits per heavy atom. The molecule has 1 amide bonds. The van der Waals surface area contributed by atoms with Gasteiger partial charge in [0.25, 0.3) is 5.91 Å². The van der Waals surface area contributed by atoms with Crippen LogP contribution in [0.3, 0.4) is 0 Å². The van der Waals surface area contributed by atoms with E-state index in [9.17, 15) is 4.79 Å². The van der Waals surface area contributed by atoms with Crippen LogP contribution in [-0.4, -0.2) is 12.0 Å². The van der Waals surface area contributed by atoms with E-state index in [1.165, 1.54) is 0 Å². The van der Waals surface area contributed by atoms with Crippen molar-refractivity contribution >= 4 is 5.91 Å². The molecule has 4 nitrogen and oxygen atoms in total. The lowest BCUT2D eigenvalue weighted by molar-refractivity contribution is -0.127. The molecule has 0 saturated heterocycles. The molecule has 0 fully saturated rings. The number of ether oxygens (including phenoxy) is 1. The molecule has 27 heavy (non-hydrogen) atoms. The molecule has 0 aliphatic carbocycles. The zero-order valence-corrected chi connectivity index (χ0v) is 15.1. The molecule has 3 aromatic carbocycles. The summed E-state index contributed by atoms with van der Waals surface area (Å²) in [5.41, 5.74) is 3.72. The maximum Gasteiger partial charge on any atom is 0.261 e. The summed E-state index contributed by atoms with van der Waals surface area (Å²) < 4.78 is 5.74. The van der Waals surface area contributed by atoms with E-state index in [4.69, 9.17) is 10.00 Å². The van der Waals surface area contributed by atoms with Gasteiger partial charge in [0.15, 0.2) is 6.10 Å². The molecule has 134 valence electrons. The highest BCUT2D eigenvalue weighted by atomic mass is 16.5. The Morgan fingerprint density at radius 2 is 1.56 bits per heavy atom. The van der Waals surface area contributed by atoms with Crippen LogP contribution in [0.15, 0.2) is 78.9 Å². The smallest absolute Gasteiger partial charge is 0.261 e. The molecule has 3 aromatic rings. The lowest BCUT2D eigenvalue weighted by atomic mass is 10.0. The van der Waals surface area contributed by atoms with Crippen LogP contribution in [0.4, 0.5) is 0 Å². The lowest BCUT2D eigenvalue weighted by Crippen LogP contribution is -2.35. The standard InChI is InChI=1S/C23H20N2O2/c1-17(23(26)25-16-19-5-3-2-4-6-19)27-22-13-11-21(12-14-22)20-9-7-18(15-24)8-10-20/h2-14,17H,16H2,1H3,(H,25,26)/t17-/m1/s1. The Bertz CT molecular complexity index is 927. The van der Waals surface area contributed by atoms with E-state index in [2.05, 4.69) is 11.4 Å². The minimum absolute atomic E-state index is 0.157. The van der Waals surface area contributed by atoms with Crippen molar-refractivity contribution in [2.24, 2.45) is 0 Å². The topological polar surface area (TPSA) is 62.1 Å². The molecule has 0 spiro atoms. The minimum atomic E-state index is -0.588. The Kier molecular flexibility index (Phi) is 5.86. The number of hydrogen-bond donors (Lipinski definition) is 1. The number of nitriles is 1. The average molecular weight is 356 g/mol. The quantitative estimate of drug-likeness (QED) is 0.716. The van der Waals surface area contributed by atoms with Crippen LogP contribution in [0.25, 0.3) is 11.1 Å². The van der Waals surface area contributed by atoms with E-state index < -0.39 is 6.10 Å². The van der Waals surface area contributed by atoms with E-state index in [1.54, 1.807) is 19.1 Å². The Balaban J connectivity index is 1.56. The zero-order chi connectivity index (χ0) is 19.1. The van der Waals surface area contributed by atoms with Gasteiger partial charge in [0.05, 0.1) is 11.6 Å². The number of hydrogen-bond acceptors (Lipinski definition) is 3. The van der Waals surface area contributed by atoms with Crippen molar-refractivity contribution in [3.05, 3.63) is 90.0 Å². The largest absolute Gasteiger partial charge is 0.481 e. The van der Waals surface area contributed by atoms with Gasteiger partial charge < -0.3 is 10.1 Å². The summed E-state index contributed by atoms with van der Waals surface area (Å²) in [5.74, 6) is 0.477. The second kappa shape index (κ2) is 8.68. The summed E-state index contributed by atoms with van der Waals surface area (Å²) in [6.45, 7) is 2.21. The van der Waals surface area contributed by atoms with Crippen molar-refractivity contribution in [1.29, 1.82) is 5.26 Å². The fourth-order valence-corrected chi connectivity index (χ4v) is 2.65. The number of rotatable bonds is 6. The predicted molar refractivity (Wildman–Crippen MR) is 105 cm³/mol. The van der Waals surface area contributed by atoms with Gasteiger partial charge in [-0.25, -0.2) is 0 Å². The predicted octanol–water partition coefficient (Wildman–Crippen LogP) is 4.31. The molecule has 0 aliphatic rings. The van der Waals surface area contributed by atoms with Crippen molar-refractivity contribution in [3.8, 4) is 22.9 Å². The number of carbonyl (C=O) groups excluding carboxylic acids is 1. The summed E-state index contributed by atoms with van der Waals surface area (Å²) in [6, 6.07) is 26.8. The van der Waals surface area contributed by atoms with Gasteiger partial charge in [-0.2, -0.15) is 5.26 Å². The first kappa shape index (κ1) is 18.2. The highest BCUT2D eigenvalue weighted by Gasteiger charge is 2.14. The van der Waals surface area contributed by atoms with Crippen LogP contribution in [-0.2, 0) is 11.3 Å². The number of nitrogens with one attached hydrogen (secondary N) is 1. The maximum absolute atomic E-state index is 12.2. The van der Waals surface area contributed by atoms with Crippen LogP contribution in [0.5, 0.6) is 5.75 Å². The molecule has 0 saturated carbocycles. The fourth-order valence-electron chi connectivity index (χ4n) is 2.65. The third-order valence-corrected chi connectivity index (χ3v) is 4.19. The van der Waals surface area contributed by atoms with Gasteiger partial charge in [-0.1, -0.05) is 54.6 Å². The van der Waals surface area contributed by atoms with Crippen LogP contribution in [0.2, 0.25) is 0 Å². The van der Waals surface area contributed by atoms with Crippen molar-refractivity contribution in [3.63, 3.8) is 0 Å². The molecule has 1 atom stereocenters. The second-order valence-corrected chi connectivity index (χ2v) is 6.18. The number of nitrogens with zero attached hydrogens (tertiary/aromatic N) is 1. The van der Waals surface area contributed by atoms with Crippen molar-refractivity contribution in [2.45, 2.75) is 19.6 Å². The molecule has 1 N–H and O–H groups in total. The molecular weight excluding hydrogens is 336 g/mol. The van der Waals surface area contributed by atoms with Gasteiger partial charge in [0, 0.05) is 6.54 Å². The first-order valence-electron chi connectivity index (χ1n) is 8.74. The number of benzene rings is 3. The minimum Gasteiger partial charge on any atom is -0.481 e. The molecule has 0 bridgehead atoms. The van der Waals surface area contributed by atoms with Gasteiger partial charge >= 0.3 is 0 Å². The van der Waals surface area contributed by atoms with E-state index in [0.717, 1.165) is 16.7 Å². The average Bonchev–Trinajstić information content (AvgIpc) is 2.73. The highest BCUT2D eigenvalue weighted by Crippen LogP contribution is 2.23. The summed E-state index contributed by atoms with van der Waals surface area (Å²) in [4.78, 5) is 12.2. The van der Waals surface area contributed by atoms with Crippen molar-refractivity contribution < 1.29 is 9.53 Å². The summed E-state index contributed by atoms with van der Waals surface area (Å²) in [7, 11) is 0. The van der Waals surface area contributed by atoms with Crippen molar-refractivity contribution in [2.75, 3.05) is 0 Å². The monoisotopic (exact) mass is 356 g/mol. The van der Waals surface area contributed by atoms with Crippen LogP contribution < -0.4 is 10.1 Å². The molecule has 0 aliphatic heterocycles.